The summed E-state index contributed by atoms with van der Waals surface area (Å²) in [5, 5.41) is 4.07. The van der Waals surface area contributed by atoms with Crippen LogP contribution in [0.3, 0.4) is 0 Å². The molecule has 1 fully saturated rings. The third-order valence-electron chi connectivity index (χ3n) is 2.32. The van der Waals surface area contributed by atoms with Gasteiger partial charge in [-0.1, -0.05) is 11.6 Å². The van der Waals surface area contributed by atoms with Crippen molar-refractivity contribution in [3.05, 3.63) is 17.7 Å². The fourth-order valence-corrected chi connectivity index (χ4v) is 1.88. The van der Waals surface area contributed by atoms with Crippen LogP contribution in [0.2, 0.25) is 5.15 Å². The summed E-state index contributed by atoms with van der Waals surface area (Å²) in [5.41, 5.74) is 0. The van der Waals surface area contributed by atoms with Crippen molar-refractivity contribution in [3.8, 4) is 0 Å². The van der Waals surface area contributed by atoms with Gasteiger partial charge in [0.15, 0.2) is 0 Å². The topological polar surface area (TPSA) is 29.9 Å². The van der Waals surface area contributed by atoms with E-state index in [4.69, 9.17) is 11.6 Å². The van der Waals surface area contributed by atoms with E-state index in [0.29, 0.717) is 6.04 Å². The van der Waals surface area contributed by atoms with Crippen LogP contribution in [0.4, 0.5) is 0 Å². The molecule has 1 N–H and O–H groups in total. The van der Waals surface area contributed by atoms with Gasteiger partial charge < -0.3 is 9.88 Å². The Balaban J connectivity index is 2.13. The fraction of sp³-hybridized carbons (Fsp3) is 0.625. The van der Waals surface area contributed by atoms with Crippen LogP contribution in [0, 0.1) is 0 Å². The van der Waals surface area contributed by atoms with Gasteiger partial charge in [0.25, 0.3) is 0 Å². The Kier molecular flexibility index (Phi) is 2.33. The van der Waals surface area contributed by atoms with E-state index in [1.54, 1.807) is 6.20 Å². The third-order valence-corrected chi connectivity index (χ3v) is 2.61. The van der Waals surface area contributed by atoms with Gasteiger partial charge in [0.05, 0.1) is 12.5 Å². The van der Waals surface area contributed by atoms with Crippen molar-refractivity contribution < 1.29 is 0 Å². The van der Waals surface area contributed by atoms with Gasteiger partial charge in [0.1, 0.15) is 5.15 Å². The Morgan fingerprint density at radius 2 is 2.25 bits per heavy atom. The molecule has 1 aliphatic heterocycles. The van der Waals surface area contributed by atoms with E-state index < -0.39 is 0 Å². The molecule has 1 aliphatic rings. The number of piperidine rings is 1. The maximum atomic E-state index is 5.95. The molecular weight excluding hydrogens is 174 g/mol. The number of hydrogen-bond acceptors (Lipinski definition) is 2. The molecule has 0 saturated carbocycles. The molecule has 0 aromatic carbocycles. The van der Waals surface area contributed by atoms with E-state index in [-0.39, 0.29) is 0 Å². The first kappa shape index (κ1) is 8.08. The van der Waals surface area contributed by atoms with Crippen molar-refractivity contribution in [2.75, 3.05) is 13.1 Å². The summed E-state index contributed by atoms with van der Waals surface area (Å²) in [6.45, 7) is 2.17. The summed E-state index contributed by atoms with van der Waals surface area (Å²) in [6, 6.07) is 0.543. The molecule has 3 nitrogen and oxygen atoms in total. The molecule has 0 amide bonds. The molecule has 1 saturated heterocycles. The van der Waals surface area contributed by atoms with Gasteiger partial charge in [-0.25, -0.2) is 4.98 Å². The highest BCUT2D eigenvalue weighted by atomic mass is 35.5. The van der Waals surface area contributed by atoms with Crippen molar-refractivity contribution >= 4 is 11.6 Å². The van der Waals surface area contributed by atoms with Crippen molar-refractivity contribution in [1.82, 2.24) is 14.9 Å². The zero-order valence-electron chi connectivity index (χ0n) is 6.83. The molecule has 2 heterocycles. The molecule has 0 spiro atoms. The maximum absolute atomic E-state index is 5.95. The van der Waals surface area contributed by atoms with E-state index in [9.17, 15) is 0 Å². The second kappa shape index (κ2) is 3.46. The summed E-state index contributed by atoms with van der Waals surface area (Å²) >= 11 is 5.95. The molecule has 0 radical (unpaired) electrons. The van der Waals surface area contributed by atoms with E-state index >= 15 is 0 Å². The highest BCUT2D eigenvalue weighted by Gasteiger charge is 2.15. The van der Waals surface area contributed by atoms with Gasteiger partial charge in [-0.3, -0.25) is 0 Å². The lowest BCUT2D eigenvalue weighted by atomic mass is 10.1. The number of imidazole rings is 1. The molecule has 66 valence electrons. The Bertz CT molecular complexity index is 253. The van der Waals surface area contributed by atoms with Crippen LogP contribution in [0.1, 0.15) is 18.9 Å². The highest BCUT2D eigenvalue weighted by Crippen LogP contribution is 2.22. The molecule has 2 rings (SSSR count). The minimum absolute atomic E-state index is 0.543. The fourth-order valence-electron chi connectivity index (χ4n) is 1.64. The van der Waals surface area contributed by atoms with E-state index in [1.165, 1.54) is 0 Å². The predicted octanol–water partition coefficient (Wildman–Crippen LogP) is 1.46. The van der Waals surface area contributed by atoms with Crippen LogP contribution in [0.25, 0.3) is 0 Å². The minimum atomic E-state index is 0.543. The first-order valence-electron chi connectivity index (χ1n) is 4.26. The van der Waals surface area contributed by atoms with Crippen LogP contribution in [-0.2, 0) is 0 Å². The van der Waals surface area contributed by atoms with Crippen molar-refractivity contribution in [2.24, 2.45) is 0 Å². The summed E-state index contributed by atoms with van der Waals surface area (Å²) in [4.78, 5) is 4.01. The number of nitrogens with one attached hydrogen (secondary N) is 1. The normalized spacial score (nSPS) is 19.8. The van der Waals surface area contributed by atoms with Crippen LogP contribution < -0.4 is 5.32 Å². The standard InChI is InChI=1S/C8H12ClN3/c9-8-5-11-6-12(8)7-1-3-10-4-2-7/h5-7,10H,1-4H2. The zero-order valence-corrected chi connectivity index (χ0v) is 7.59. The molecule has 1 aromatic heterocycles. The zero-order chi connectivity index (χ0) is 8.39. The molecular formula is C8H12ClN3. The molecule has 1 aromatic rings. The van der Waals surface area contributed by atoms with Crippen LogP contribution >= 0.6 is 11.6 Å². The Hall–Kier alpha value is -0.540. The summed E-state index contributed by atoms with van der Waals surface area (Å²) in [5.74, 6) is 0. The lowest BCUT2D eigenvalue weighted by molar-refractivity contribution is 0.368. The SMILES string of the molecule is Clc1cncn1C1CCNCC1. The first-order valence-corrected chi connectivity index (χ1v) is 4.64. The Morgan fingerprint density at radius 3 is 2.83 bits per heavy atom. The highest BCUT2D eigenvalue weighted by molar-refractivity contribution is 6.29. The number of hydrogen-bond donors (Lipinski definition) is 1. The summed E-state index contributed by atoms with van der Waals surface area (Å²) in [7, 11) is 0. The molecule has 0 bridgehead atoms. The first-order chi connectivity index (χ1) is 5.88. The van der Waals surface area contributed by atoms with Crippen LogP contribution in [-0.4, -0.2) is 22.6 Å². The van der Waals surface area contributed by atoms with Gasteiger partial charge >= 0.3 is 0 Å². The maximum Gasteiger partial charge on any atom is 0.128 e. The molecule has 0 unspecified atom stereocenters. The summed E-state index contributed by atoms with van der Waals surface area (Å²) < 4.78 is 2.06. The predicted molar refractivity (Wildman–Crippen MR) is 48.4 cm³/mol. The Morgan fingerprint density at radius 1 is 1.50 bits per heavy atom. The smallest absolute Gasteiger partial charge is 0.128 e. The average molecular weight is 186 g/mol. The number of rotatable bonds is 1. The van der Waals surface area contributed by atoms with E-state index in [2.05, 4.69) is 14.9 Å². The number of nitrogens with zero attached hydrogens (tertiary/aromatic N) is 2. The largest absolute Gasteiger partial charge is 0.319 e. The van der Waals surface area contributed by atoms with Gasteiger partial charge in [-0.05, 0) is 25.9 Å². The van der Waals surface area contributed by atoms with Gasteiger partial charge in [-0.15, -0.1) is 0 Å². The summed E-state index contributed by atoms with van der Waals surface area (Å²) in [6.07, 6.45) is 5.81. The molecule has 12 heavy (non-hydrogen) atoms. The van der Waals surface area contributed by atoms with Crippen LogP contribution in [0.15, 0.2) is 12.5 Å². The Labute approximate surface area is 76.7 Å². The molecule has 0 aliphatic carbocycles. The molecule has 4 heteroatoms. The lowest BCUT2D eigenvalue weighted by Crippen LogP contribution is -2.29. The van der Waals surface area contributed by atoms with Gasteiger partial charge in [0.2, 0.25) is 0 Å². The minimum Gasteiger partial charge on any atom is -0.319 e. The second-order valence-electron chi connectivity index (χ2n) is 3.10. The number of halogens is 1. The van der Waals surface area contributed by atoms with Crippen molar-refractivity contribution in [3.63, 3.8) is 0 Å². The van der Waals surface area contributed by atoms with E-state index in [1.807, 2.05) is 6.33 Å². The average Bonchev–Trinajstić information content (AvgIpc) is 2.53. The quantitative estimate of drug-likeness (QED) is 0.718. The molecule has 0 atom stereocenters. The van der Waals surface area contributed by atoms with Gasteiger partial charge in [0, 0.05) is 6.04 Å². The lowest BCUT2D eigenvalue weighted by Gasteiger charge is -2.24. The van der Waals surface area contributed by atoms with E-state index in [0.717, 1.165) is 31.1 Å². The monoisotopic (exact) mass is 185 g/mol. The van der Waals surface area contributed by atoms with Crippen LogP contribution in [0.5, 0.6) is 0 Å². The number of aromatic nitrogens is 2. The third kappa shape index (κ3) is 1.47. The van der Waals surface area contributed by atoms with Crippen molar-refractivity contribution in [2.45, 2.75) is 18.9 Å². The second-order valence-corrected chi connectivity index (χ2v) is 3.49. The van der Waals surface area contributed by atoms with Crippen molar-refractivity contribution in [1.29, 1.82) is 0 Å². The van der Waals surface area contributed by atoms with Gasteiger partial charge in [-0.2, -0.15) is 0 Å².